The van der Waals surface area contributed by atoms with Crippen molar-refractivity contribution >= 4 is 40.3 Å². The second-order valence-corrected chi connectivity index (χ2v) is 7.37. The zero-order valence-electron chi connectivity index (χ0n) is 16.4. The van der Waals surface area contributed by atoms with E-state index >= 15 is 0 Å². The molecule has 1 aromatic heterocycles. The van der Waals surface area contributed by atoms with E-state index in [1.54, 1.807) is 18.7 Å². The second-order valence-electron chi connectivity index (χ2n) is 6.43. The number of ether oxygens (including phenoxy) is 2. The number of hydrogen-bond donors (Lipinski definition) is 0. The van der Waals surface area contributed by atoms with Crippen molar-refractivity contribution in [2.45, 2.75) is 19.0 Å². The summed E-state index contributed by atoms with van der Waals surface area (Å²) in [5.41, 5.74) is 1.97. The van der Waals surface area contributed by atoms with Gasteiger partial charge in [0.1, 0.15) is 5.75 Å². The molecule has 148 valence electrons. The maximum absolute atomic E-state index is 12.7. The van der Waals surface area contributed by atoms with Crippen molar-refractivity contribution in [1.82, 2.24) is 14.9 Å². The van der Waals surface area contributed by atoms with Crippen molar-refractivity contribution in [1.29, 1.82) is 0 Å². The molecule has 0 bridgehead atoms. The molecule has 2 heterocycles. The molecule has 0 radical (unpaired) electrons. The molecule has 4 rings (SSSR count). The first-order valence-electron chi connectivity index (χ1n) is 9.18. The Bertz CT molecular complexity index is 1150. The number of rotatable bonds is 5. The van der Waals surface area contributed by atoms with Gasteiger partial charge < -0.3 is 9.47 Å². The SMILES string of the molecule is CCOC(=O)/C(=C\c1ccc2cc(OC)ccc2c1)C1=Nn2c(C)nnc2SC1. The van der Waals surface area contributed by atoms with Crippen LogP contribution in [0, 0.1) is 6.92 Å². The first-order valence-corrected chi connectivity index (χ1v) is 10.2. The minimum atomic E-state index is -0.393. The Hall–Kier alpha value is -3.13. The highest BCUT2D eigenvalue weighted by Crippen LogP contribution is 2.26. The van der Waals surface area contributed by atoms with Crippen LogP contribution in [-0.2, 0) is 9.53 Å². The minimum Gasteiger partial charge on any atom is -0.497 e. The average molecular weight is 408 g/mol. The largest absolute Gasteiger partial charge is 0.497 e. The highest BCUT2D eigenvalue weighted by atomic mass is 32.2. The van der Waals surface area contributed by atoms with Crippen molar-refractivity contribution in [2.75, 3.05) is 19.5 Å². The number of esters is 1. The molecule has 0 spiro atoms. The van der Waals surface area contributed by atoms with Gasteiger partial charge in [-0.15, -0.1) is 10.2 Å². The summed E-state index contributed by atoms with van der Waals surface area (Å²) in [5.74, 6) is 1.61. The summed E-state index contributed by atoms with van der Waals surface area (Å²) in [6, 6.07) is 11.9. The fraction of sp³-hybridized carbons (Fsp3) is 0.238. The molecule has 8 heteroatoms. The molecule has 7 nitrogen and oxygen atoms in total. The van der Waals surface area contributed by atoms with E-state index in [1.807, 2.05) is 49.4 Å². The van der Waals surface area contributed by atoms with Crippen LogP contribution in [0.4, 0.5) is 0 Å². The van der Waals surface area contributed by atoms with E-state index in [1.165, 1.54) is 11.8 Å². The summed E-state index contributed by atoms with van der Waals surface area (Å²) < 4.78 is 12.2. The number of aromatic nitrogens is 3. The van der Waals surface area contributed by atoms with E-state index in [0.29, 0.717) is 34.6 Å². The van der Waals surface area contributed by atoms with E-state index < -0.39 is 5.97 Å². The summed E-state index contributed by atoms with van der Waals surface area (Å²) >= 11 is 1.49. The minimum absolute atomic E-state index is 0.297. The quantitative estimate of drug-likeness (QED) is 0.473. The van der Waals surface area contributed by atoms with Crippen LogP contribution in [0.3, 0.4) is 0 Å². The van der Waals surface area contributed by atoms with Gasteiger partial charge in [-0.05, 0) is 54.5 Å². The van der Waals surface area contributed by atoms with E-state index in [2.05, 4.69) is 15.3 Å². The van der Waals surface area contributed by atoms with Gasteiger partial charge in [-0.3, -0.25) is 0 Å². The lowest BCUT2D eigenvalue weighted by Crippen LogP contribution is -2.21. The number of carbonyl (C=O) groups excluding carboxylic acids is 1. The van der Waals surface area contributed by atoms with Gasteiger partial charge in [0.2, 0.25) is 5.16 Å². The Morgan fingerprint density at radius 1 is 1.21 bits per heavy atom. The predicted octanol–water partition coefficient (Wildman–Crippen LogP) is 3.70. The Kier molecular flexibility index (Phi) is 5.35. The summed E-state index contributed by atoms with van der Waals surface area (Å²) in [4.78, 5) is 12.7. The van der Waals surface area contributed by atoms with E-state index in [0.717, 1.165) is 22.1 Å². The van der Waals surface area contributed by atoms with Crippen molar-refractivity contribution in [3.8, 4) is 5.75 Å². The summed E-state index contributed by atoms with van der Waals surface area (Å²) in [6.07, 6.45) is 1.83. The third-order valence-electron chi connectivity index (χ3n) is 4.52. The van der Waals surface area contributed by atoms with Crippen LogP contribution in [0.2, 0.25) is 0 Å². The zero-order valence-corrected chi connectivity index (χ0v) is 17.2. The van der Waals surface area contributed by atoms with E-state index in [9.17, 15) is 4.79 Å². The fourth-order valence-corrected chi connectivity index (χ4v) is 3.92. The average Bonchev–Trinajstić information content (AvgIpc) is 3.11. The van der Waals surface area contributed by atoms with Crippen molar-refractivity contribution in [3.05, 3.63) is 53.4 Å². The number of nitrogens with zero attached hydrogens (tertiary/aromatic N) is 4. The highest BCUT2D eigenvalue weighted by molar-refractivity contribution is 7.99. The van der Waals surface area contributed by atoms with Crippen LogP contribution in [0.1, 0.15) is 18.3 Å². The van der Waals surface area contributed by atoms with Crippen LogP contribution in [0.15, 0.2) is 52.2 Å². The number of fused-ring (bicyclic) bond motifs is 2. The molecule has 2 aromatic carbocycles. The normalized spacial score (nSPS) is 13.8. The molecular formula is C21H20N4O3S. The molecule has 0 atom stereocenters. The Balaban J connectivity index is 1.77. The summed E-state index contributed by atoms with van der Waals surface area (Å²) in [6.45, 7) is 3.91. The van der Waals surface area contributed by atoms with Crippen LogP contribution in [-0.4, -0.2) is 46.0 Å². The molecule has 0 fully saturated rings. The molecule has 3 aromatic rings. The monoisotopic (exact) mass is 408 g/mol. The highest BCUT2D eigenvalue weighted by Gasteiger charge is 2.24. The Morgan fingerprint density at radius 2 is 2.00 bits per heavy atom. The van der Waals surface area contributed by atoms with E-state index in [4.69, 9.17) is 9.47 Å². The van der Waals surface area contributed by atoms with Gasteiger partial charge in [0.25, 0.3) is 0 Å². The maximum atomic E-state index is 12.7. The lowest BCUT2D eigenvalue weighted by atomic mass is 10.0. The first kappa shape index (κ1) is 19.2. The smallest absolute Gasteiger partial charge is 0.340 e. The molecule has 29 heavy (non-hydrogen) atoms. The molecule has 0 saturated heterocycles. The third kappa shape index (κ3) is 3.88. The van der Waals surface area contributed by atoms with Gasteiger partial charge in [0.05, 0.1) is 25.0 Å². The lowest BCUT2D eigenvalue weighted by molar-refractivity contribution is -0.137. The fourth-order valence-electron chi connectivity index (χ4n) is 3.05. The van der Waals surface area contributed by atoms with E-state index in [-0.39, 0.29) is 0 Å². The molecule has 1 aliphatic rings. The lowest BCUT2D eigenvalue weighted by Gasteiger charge is -2.15. The topological polar surface area (TPSA) is 78.6 Å². The number of hydrogen-bond acceptors (Lipinski definition) is 7. The Morgan fingerprint density at radius 3 is 2.79 bits per heavy atom. The number of carbonyl (C=O) groups is 1. The number of benzene rings is 2. The van der Waals surface area contributed by atoms with Gasteiger partial charge in [0.15, 0.2) is 5.82 Å². The molecule has 0 N–H and O–H groups in total. The molecular weight excluding hydrogens is 388 g/mol. The van der Waals surface area contributed by atoms with Crippen molar-refractivity contribution in [2.24, 2.45) is 5.10 Å². The van der Waals surface area contributed by atoms with Gasteiger partial charge >= 0.3 is 5.97 Å². The second kappa shape index (κ2) is 8.08. The van der Waals surface area contributed by atoms with Crippen molar-refractivity contribution < 1.29 is 14.3 Å². The summed E-state index contributed by atoms with van der Waals surface area (Å²) in [5, 5.41) is 15.6. The van der Waals surface area contributed by atoms with Gasteiger partial charge in [-0.25, -0.2) is 4.79 Å². The van der Waals surface area contributed by atoms with Crippen LogP contribution < -0.4 is 4.74 Å². The van der Waals surface area contributed by atoms with Crippen molar-refractivity contribution in [3.63, 3.8) is 0 Å². The molecule has 0 unspecified atom stereocenters. The van der Waals surface area contributed by atoms with Crippen LogP contribution in [0.25, 0.3) is 16.8 Å². The summed E-state index contributed by atoms with van der Waals surface area (Å²) in [7, 11) is 1.65. The number of methoxy groups -OCH3 is 1. The maximum Gasteiger partial charge on any atom is 0.340 e. The van der Waals surface area contributed by atoms with Crippen LogP contribution >= 0.6 is 11.8 Å². The van der Waals surface area contributed by atoms with Crippen LogP contribution in [0.5, 0.6) is 5.75 Å². The number of aryl methyl sites for hydroxylation is 1. The first-order chi connectivity index (χ1) is 14.1. The predicted molar refractivity (Wildman–Crippen MR) is 113 cm³/mol. The number of thioether (sulfide) groups is 1. The molecule has 1 aliphatic heterocycles. The zero-order chi connectivity index (χ0) is 20.4. The molecule has 0 aliphatic carbocycles. The molecule has 0 saturated carbocycles. The molecule has 0 amide bonds. The third-order valence-corrected chi connectivity index (χ3v) is 5.45. The Labute approximate surface area is 172 Å². The van der Waals surface area contributed by atoms with Gasteiger partial charge in [0, 0.05) is 5.75 Å². The van der Waals surface area contributed by atoms with Gasteiger partial charge in [-0.1, -0.05) is 30.0 Å². The standard InChI is InChI=1S/C21H20N4O3S/c1-4-28-20(26)18(19-12-29-21-23-22-13(2)25(21)24-19)10-14-5-6-16-11-17(27-3)8-7-15(16)9-14/h5-11H,4,12H2,1-3H3/b18-10-. The van der Waals surface area contributed by atoms with Gasteiger partial charge in [-0.2, -0.15) is 9.78 Å².